The van der Waals surface area contributed by atoms with Crippen molar-refractivity contribution in [3.05, 3.63) is 34.9 Å². The Balaban J connectivity index is 2.87. The molecule has 68 valence electrons. The smallest absolute Gasteiger partial charge is 0.127 e. The standard InChI is InChI=1S/C9H10ClN3/c1-6-9-7(10)3-2-4-13(9)8(5-11)12-6/h2-4H,5,11H2,1H3. The second-order valence-corrected chi connectivity index (χ2v) is 3.30. The SMILES string of the molecule is Cc1nc(CN)n2cccc(Cl)c12. The zero-order valence-electron chi connectivity index (χ0n) is 7.29. The second kappa shape index (κ2) is 3.01. The van der Waals surface area contributed by atoms with E-state index in [1.165, 1.54) is 0 Å². The molecular formula is C9H10ClN3. The van der Waals surface area contributed by atoms with Crippen LogP contribution in [0.1, 0.15) is 11.5 Å². The molecule has 0 unspecified atom stereocenters. The summed E-state index contributed by atoms with van der Waals surface area (Å²) >= 11 is 6.03. The number of fused-ring (bicyclic) bond motifs is 1. The van der Waals surface area contributed by atoms with E-state index in [1.807, 2.05) is 29.7 Å². The van der Waals surface area contributed by atoms with Crippen LogP contribution in [-0.4, -0.2) is 9.38 Å². The Morgan fingerprint density at radius 1 is 1.62 bits per heavy atom. The number of hydrogen-bond acceptors (Lipinski definition) is 2. The van der Waals surface area contributed by atoms with Crippen LogP contribution in [-0.2, 0) is 6.54 Å². The summed E-state index contributed by atoms with van der Waals surface area (Å²) < 4.78 is 1.93. The van der Waals surface area contributed by atoms with E-state index in [2.05, 4.69) is 4.98 Å². The van der Waals surface area contributed by atoms with Gasteiger partial charge >= 0.3 is 0 Å². The van der Waals surface area contributed by atoms with Gasteiger partial charge in [-0.05, 0) is 19.1 Å². The van der Waals surface area contributed by atoms with E-state index in [4.69, 9.17) is 17.3 Å². The summed E-state index contributed by atoms with van der Waals surface area (Å²) in [5, 5.41) is 0.715. The average Bonchev–Trinajstić information content (AvgIpc) is 2.44. The summed E-state index contributed by atoms with van der Waals surface area (Å²) in [6.07, 6.45) is 1.92. The molecule has 0 spiro atoms. The number of rotatable bonds is 1. The van der Waals surface area contributed by atoms with Gasteiger partial charge in [0.25, 0.3) is 0 Å². The van der Waals surface area contributed by atoms with Gasteiger partial charge in [-0.1, -0.05) is 11.6 Å². The Hall–Kier alpha value is -1.06. The molecule has 13 heavy (non-hydrogen) atoms. The van der Waals surface area contributed by atoms with Crippen LogP contribution in [0.5, 0.6) is 0 Å². The highest BCUT2D eigenvalue weighted by molar-refractivity contribution is 6.33. The van der Waals surface area contributed by atoms with Crippen molar-refractivity contribution in [2.75, 3.05) is 0 Å². The van der Waals surface area contributed by atoms with Gasteiger partial charge in [0.15, 0.2) is 0 Å². The molecule has 2 rings (SSSR count). The van der Waals surface area contributed by atoms with E-state index in [0.29, 0.717) is 11.6 Å². The number of aryl methyl sites for hydroxylation is 1. The van der Waals surface area contributed by atoms with E-state index in [1.54, 1.807) is 0 Å². The van der Waals surface area contributed by atoms with Crippen LogP contribution in [0.25, 0.3) is 5.52 Å². The van der Waals surface area contributed by atoms with E-state index in [-0.39, 0.29) is 0 Å². The van der Waals surface area contributed by atoms with Gasteiger partial charge in [0.1, 0.15) is 5.82 Å². The van der Waals surface area contributed by atoms with Crippen LogP contribution < -0.4 is 5.73 Å². The Bertz CT molecular complexity index is 447. The minimum Gasteiger partial charge on any atom is -0.324 e. The molecule has 3 nitrogen and oxygen atoms in total. The van der Waals surface area contributed by atoms with Crippen LogP contribution in [0.15, 0.2) is 18.3 Å². The van der Waals surface area contributed by atoms with Gasteiger partial charge in [0.05, 0.1) is 22.8 Å². The summed E-state index contributed by atoms with van der Waals surface area (Å²) in [5.41, 5.74) is 7.42. The first-order valence-corrected chi connectivity index (χ1v) is 4.44. The van der Waals surface area contributed by atoms with Gasteiger partial charge in [-0.25, -0.2) is 4.98 Å². The molecule has 0 atom stereocenters. The lowest BCUT2D eigenvalue weighted by atomic mass is 10.3. The predicted octanol–water partition coefficient (Wildman–Crippen LogP) is 1.75. The number of pyridine rings is 1. The molecule has 0 aliphatic rings. The molecule has 0 fully saturated rings. The highest BCUT2D eigenvalue weighted by atomic mass is 35.5. The summed E-state index contributed by atoms with van der Waals surface area (Å²) in [6.45, 7) is 2.36. The van der Waals surface area contributed by atoms with Gasteiger partial charge in [0, 0.05) is 6.20 Å². The molecule has 0 aromatic carbocycles. The van der Waals surface area contributed by atoms with Gasteiger partial charge in [-0.2, -0.15) is 0 Å². The summed E-state index contributed by atoms with van der Waals surface area (Å²) in [6, 6.07) is 3.74. The lowest BCUT2D eigenvalue weighted by Crippen LogP contribution is -2.01. The monoisotopic (exact) mass is 195 g/mol. The number of nitrogens with zero attached hydrogens (tertiary/aromatic N) is 2. The average molecular weight is 196 g/mol. The van der Waals surface area contributed by atoms with Crippen LogP contribution in [0.3, 0.4) is 0 Å². The molecule has 2 aromatic rings. The number of aromatic nitrogens is 2. The van der Waals surface area contributed by atoms with E-state index in [0.717, 1.165) is 17.0 Å². The minimum absolute atomic E-state index is 0.426. The van der Waals surface area contributed by atoms with Gasteiger partial charge in [0.2, 0.25) is 0 Å². The van der Waals surface area contributed by atoms with E-state index >= 15 is 0 Å². The first kappa shape index (κ1) is 8.53. The zero-order chi connectivity index (χ0) is 9.42. The Labute approximate surface area is 81.1 Å². The summed E-state index contributed by atoms with van der Waals surface area (Å²) in [7, 11) is 0. The third kappa shape index (κ3) is 1.20. The Morgan fingerprint density at radius 2 is 2.38 bits per heavy atom. The fourth-order valence-corrected chi connectivity index (χ4v) is 1.79. The molecule has 0 aliphatic heterocycles. The first-order valence-electron chi connectivity index (χ1n) is 4.06. The second-order valence-electron chi connectivity index (χ2n) is 2.89. The predicted molar refractivity (Wildman–Crippen MR) is 52.8 cm³/mol. The van der Waals surface area contributed by atoms with Crippen molar-refractivity contribution in [2.45, 2.75) is 13.5 Å². The minimum atomic E-state index is 0.426. The zero-order valence-corrected chi connectivity index (χ0v) is 8.04. The normalized spacial score (nSPS) is 11.0. The topological polar surface area (TPSA) is 43.3 Å². The van der Waals surface area contributed by atoms with Crippen LogP contribution >= 0.6 is 11.6 Å². The molecule has 2 N–H and O–H groups in total. The van der Waals surface area contributed by atoms with E-state index in [9.17, 15) is 0 Å². The summed E-state index contributed by atoms with van der Waals surface area (Å²) in [4.78, 5) is 4.32. The van der Waals surface area contributed by atoms with Crippen molar-refractivity contribution in [2.24, 2.45) is 5.73 Å². The van der Waals surface area contributed by atoms with Crippen molar-refractivity contribution >= 4 is 17.1 Å². The van der Waals surface area contributed by atoms with Crippen molar-refractivity contribution in [3.63, 3.8) is 0 Å². The lowest BCUT2D eigenvalue weighted by molar-refractivity contribution is 0.899. The first-order chi connectivity index (χ1) is 6.24. The van der Waals surface area contributed by atoms with Crippen molar-refractivity contribution in [1.29, 1.82) is 0 Å². The molecule has 4 heteroatoms. The van der Waals surface area contributed by atoms with Gasteiger partial charge in [-0.3, -0.25) is 0 Å². The largest absolute Gasteiger partial charge is 0.324 e. The molecule has 0 bridgehead atoms. The quantitative estimate of drug-likeness (QED) is 0.754. The van der Waals surface area contributed by atoms with Crippen molar-refractivity contribution < 1.29 is 0 Å². The molecule has 0 radical (unpaired) electrons. The number of hydrogen-bond donors (Lipinski definition) is 1. The maximum absolute atomic E-state index is 6.03. The van der Waals surface area contributed by atoms with Gasteiger partial charge in [-0.15, -0.1) is 0 Å². The Morgan fingerprint density at radius 3 is 3.08 bits per heavy atom. The van der Waals surface area contributed by atoms with Crippen molar-refractivity contribution in [1.82, 2.24) is 9.38 Å². The molecule has 2 aromatic heterocycles. The molecule has 0 aliphatic carbocycles. The fourth-order valence-electron chi connectivity index (χ4n) is 1.49. The summed E-state index contributed by atoms with van der Waals surface area (Å²) in [5.74, 6) is 0.843. The van der Waals surface area contributed by atoms with E-state index < -0.39 is 0 Å². The van der Waals surface area contributed by atoms with Crippen molar-refractivity contribution in [3.8, 4) is 0 Å². The van der Waals surface area contributed by atoms with Crippen LogP contribution in [0.4, 0.5) is 0 Å². The molecule has 2 heterocycles. The third-order valence-corrected chi connectivity index (χ3v) is 2.35. The van der Waals surface area contributed by atoms with Crippen LogP contribution in [0, 0.1) is 6.92 Å². The number of imidazole rings is 1. The molecular weight excluding hydrogens is 186 g/mol. The number of halogens is 1. The lowest BCUT2D eigenvalue weighted by Gasteiger charge is -1.98. The molecule has 0 amide bonds. The Kier molecular flexibility index (Phi) is 1.98. The highest BCUT2D eigenvalue weighted by Crippen LogP contribution is 2.21. The number of nitrogens with two attached hydrogens (primary N) is 1. The molecule has 0 saturated heterocycles. The maximum Gasteiger partial charge on any atom is 0.127 e. The highest BCUT2D eigenvalue weighted by Gasteiger charge is 2.08. The fraction of sp³-hybridized carbons (Fsp3) is 0.222. The third-order valence-electron chi connectivity index (χ3n) is 2.04. The molecule has 0 saturated carbocycles. The van der Waals surface area contributed by atoms with Crippen LogP contribution in [0.2, 0.25) is 5.02 Å². The van der Waals surface area contributed by atoms with Gasteiger partial charge < -0.3 is 10.1 Å². The maximum atomic E-state index is 6.03.